The second-order valence-corrected chi connectivity index (χ2v) is 5.94. The van der Waals surface area contributed by atoms with Crippen LogP contribution in [0.5, 0.6) is 0 Å². The summed E-state index contributed by atoms with van der Waals surface area (Å²) in [5, 5.41) is 3.53. The van der Waals surface area contributed by atoms with Crippen molar-refractivity contribution in [3.63, 3.8) is 0 Å². The molecule has 1 fully saturated rings. The van der Waals surface area contributed by atoms with Crippen molar-refractivity contribution in [1.82, 2.24) is 25.1 Å². The van der Waals surface area contributed by atoms with Crippen LogP contribution in [0.2, 0.25) is 0 Å². The molecular weight excluding hydrogens is 342 g/mol. The van der Waals surface area contributed by atoms with Crippen LogP contribution in [0.1, 0.15) is 11.4 Å². The molecule has 0 aromatic carbocycles. The average Bonchev–Trinajstić information content (AvgIpc) is 2.70. The molecule has 0 aliphatic carbocycles. The summed E-state index contributed by atoms with van der Waals surface area (Å²) < 4.78 is 0. The van der Waals surface area contributed by atoms with Crippen molar-refractivity contribution < 1.29 is 17.1 Å². The minimum atomic E-state index is 0. The number of nitrogens with zero attached hydrogens (tertiary/aromatic N) is 4. The van der Waals surface area contributed by atoms with E-state index in [0.717, 1.165) is 63.7 Å². The van der Waals surface area contributed by atoms with Crippen molar-refractivity contribution in [3.8, 4) is 0 Å². The van der Waals surface area contributed by atoms with Gasteiger partial charge < -0.3 is 5.32 Å². The molecule has 2 aromatic heterocycles. The molecule has 127 valence electrons. The van der Waals surface area contributed by atoms with E-state index in [1.54, 1.807) is 0 Å². The van der Waals surface area contributed by atoms with E-state index in [1.165, 1.54) is 0 Å². The van der Waals surface area contributed by atoms with Crippen molar-refractivity contribution in [2.24, 2.45) is 0 Å². The Morgan fingerprint density at radius 2 is 1.25 bits per heavy atom. The summed E-state index contributed by atoms with van der Waals surface area (Å²) in [7, 11) is 0. The van der Waals surface area contributed by atoms with Crippen molar-refractivity contribution in [2.45, 2.75) is 13.1 Å². The van der Waals surface area contributed by atoms with Gasteiger partial charge in [0.15, 0.2) is 0 Å². The molecule has 0 atom stereocenters. The van der Waals surface area contributed by atoms with Gasteiger partial charge in [-0.15, -0.1) is 0 Å². The molecule has 1 aliphatic rings. The zero-order chi connectivity index (χ0) is 15.7. The van der Waals surface area contributed by atoms with E-state index in [2.05, 4.69) is 49.4 Å². The first-order valence-electron chi connectivity index (χ1n) is 8.35. The molecule has 1 aliphatic heterocycles. The van der Waals surface area contributed by atoms with Crippen LogP contribution in [0.15, 0.2) is 48.8 Å². The topological polar surface area (TPSA) is 44.3 Å². The number of pyridine rings is 2. The Balaban J connectivity index is 0.00000208. The van der Waals surface area contributed by atoms with Gasteiger partial charge in [0.05, 0.1) is 11.4 Å². The predicted molar refractivity (Wildman–Crippen MR) is 91.9 cm³/mol. The quantitative estimate of drug-likeness (QED) is 0.828. The molecule has 3 rings (SSSR count). The van der Waals surface area contributed by atoms with Crippen LogP contribution in [0, 0.1) is 0 Å². The van der Waals surface area contributed by atoms with Crippen molar-refractivity contribution in [1.29, 1.82) is 0 Å². The summed E-state index contributed by atoms with van der Waals surface area (Å²) in [6.45, 7) is 8.15. The molecule has 24 heavy (non-hydrogen) atoms. The van der Waals surface area contributed by atoms with Crippen molar-refractivity contribution in [3.05, 3.63) is 60.2 Å². The summed E-state index contributed by atoms with van der Waals surface area (Å²) >= 11 is 0. The zero-order valence-corrected chi connectivity index (χ0v) is 15.0. The maximum absolute atomic E-state index is 4.45. The fraction of sp³-hybridized carbons (Fsp3) is 0.444. The first-order chi connectivity index (χ1) is 11.4. The molecule has 0 saturated carbocycles. The van der Waals surface area contributed by atoms with Crippen LogP contribution < -0.4 is 5.32 Å². The first-order valence-corrected chi connectivity index (χ1v) is 8.35. The molecule has 0 amide bonds. The standard InChI is InChI=1S/C18H25N5.Fe/c1-3-7-20-17(5-1)15-22-11-9-19-10-12-23(14-13-22)16-18-6-2-4-8-21-18;/h1-8,19H,9-16H2;/q;+3. The van der Waals surface area contributed by atoms with Gasteiger partial charge in [0.25, 0.3) is 0 Å². The maximum atomic E-state index is 4.45. The Kier molecular flexibility index (Phi) is 8.36. The second-order valence-electron chi connectivity index (χ2n) is 5.94. The van der Waals surface area contributed by atoms with Gasteiger partial charge in [-0.1, -0.05) is 12.1 Å². The molecule has 5 nitrogen and oxygen atoms in total. The van der Waals surface area contributed by atoms with Gasteiger partial charge >= 0.3 is 17.1 Å². The van der Waals surface area contributed by atoms with E-state index < -0.39 is 0 Å². The van der Waals surface area contributed by atoms with E-state index in [-0.39, 0.29) is 17.1 Å². The number of aromatic nitrogens is 2. The summed E-state index contributed by atoms with van der Waals surface area (Å²) in [5.41, 5.74) is 2.28. The largest absolute Gasteiger partial charge is 3.00 e. The molecule has 0 unspecified atom stereocenters. The van der Waals surface area contributed by atoms with E-state index in [9.17, 15) is 0 Å². The van der Waals surface area contributed by atoms with Crippen LogP contribution >= 0.6 is 0 Å². The third-order valence-electron chi connectivity index (χ3n) is 4.17. The fourth-order valence-corrected chi connectivity index (χ4v) is 2.86. The number of nitrogens with one attached hydrogen (secondary N) is 1. The van der Waals surface area contributed by atoms with E-state index in [4.69, 9.17) is 0 Å². The van der Waals surface area contributed by atoms with E-state index in [0.29, 0.717) is 0 Å². The molecule has 6 heteroatoms. The Bertz CT molecular complexity index is 515. The second kappa shape index (κ2) is 10.5. The minimum Gasteiger partial charge on any atom is -0.314 e. The van der Waals surface area contributed by atoms with Gasteiger partial charge in [0.2, 0.25) is 0 Å². The van der Waals surface area contributed by atoms with Crippen LogP contribution in [0.25, 0.3) is 0 Å². The van der Waals surface area contributed by atoms with E-state index >= 15 is 0 Å². The number of hydrogen-bond donors (Lipinski definition) is 1. The van der Waals surface area contributed by atoms with Crippen molar-refractivity contribution in [2.75, 3.05) is 39.3 Å². The van der Waals surface area contributed by atoms with Gasteiger partial charge in [-0.05, 0) is 24.3 Å². The smallest absolute Gasteiger partial charge is 0.314 e. The molecule has 3 heterocycles. The van der Waals surface area contributed by atoms with Crippen LogP contribution in [-0.4, -0.2) is 59.0 Å². The van der Waals surface area contributed by atoms with Gasteiger partial charge in [-0.3, -0.25) is 19.8 Å². The minimum absolute atomic E-state index is 0. The third-order valence-corrected chi connectivity index (χ3v) is 4.17. The molecule has 0 bridgehead atoms. The SMILES string of the molecule is [Fe+3].c1ccc(CN2CCNCCN(Cc3ccccn3)CC2)nc1. The summed E-state index contributed by atoms with van der Waals surface area (Å²) in [6.07, 6.45) is 3.74. The van der Waals surface area contributed by atoms with Gasteiger partial charge in [-0.25, -0.2) is 0 Å². The fourth-order valence-electron chi connectivity index (χ4n) is 2.86. The summed E-state index contributed by atoms with van der Waals surface area (Å²) in [4.78, 5) is 13.9. The number of hydrogen-bond acceptors (Lipinski definition) is 5. The molecular formula is C18H25FeN5+3. The molecule has 2 aromatic rings. The van der Waals surface area contributed by atoms with E-state index in [1.807, 2.05) is 24.5 Å². The Morgan fingerprint density at radius 1 is 0.750 bits per heavy atom. The number of rotatable bonds is 4. The summed E-state index contributed by atoms with van der Waals surface area (Å²) in [6, 6.07) is 12.3. The molecule has 1 N–H and O–H groups in total. The van der Waals surface area contributed by atoms with Crippen LogP contribution in [0.3, 0.4) is 0 Å². The van der Waals surface area contributed by atoms with Gasteiger partial charge in [-0.2, -0.15) is 0 Å². The molecule has 1 saturated heterocycles. The van der Waals surface area contributed by atoms with Gasteiger partial charge in [0.1, 0.15) is 0 Å². The average molecular weight is 367 g/mol. The Labute approximate surface area is 155 Å². The normalized spacial score (nSPS) is 17.3. The molecule has 1 radical (unpaired) electrons. The molecule has 0 spiro atoms. The van der Waals surface area contributed by atoms with Gasteiger partial charge in [0, 0.05) is 64.8 Å². The van der Waals surface area contributed by atoms with Crippen LogP contribution in [0.4, 0.5) is 0 Å². The Hall–Kier alpha value is -1.30. The third kappa shape index (κ3) is 6.30. The van der Waals surface area contributed by atoms with Crippen LogP contribution in [-0.2, 0) is 30.2 Å². The van der Waals surface area contributed by atoms with Crippen molar-refractivity contribution >= 4 is 0 Å². The monoisotopic (exact) mass is 367 g/mol. The predicted octanol–water partition coefficient (Wildman–Crippen LogP) is 1.38. The zero-order valence-electron chi connectivity index (χ0n) is 13.9. The summed E-state index contributed by atoms with van der Waals surface area (Å²) in [5.74, 6) is 0. The first kappa shape index (κ1) is 19.0. The Morgan fingerprint density at radius 3 is 1.67 bits per heavy atom. The maximum Gasteiger partial charge on any atom is 3.00 e.